The highest BCUT2D eigenvalue weighted by atomic mass is 16.5. The molecule has 0 radical (unpaired) electrons. The first-order valence-corrected chi connectivity index (χ1v) is 8.60. The Morgan fingerprint density at radius 1 is 1.12 bits per heavy atom. The maximum Gasteiger partial charge on any atom is 0.337 e. The smallest absolute Gasteiger partial charge is 0.337 e. The number of nitrogens with zero attached hydrogens (tertiary/aromatic N) is 1. The van der Waals surface area contributed by atoms with E-state index in [4.69, 9.17) is 4.74 Å². The Morgan fingerprint density at radius 3 is 2.60 bits per heavy atom. The number of carbonyl (C=O) groups excluding carboxylic acids is 2. The summed E-state index contributed by atoms with van der Waals surface area (Å²) in [6.07, 6.45) is 3.30. The van der Waals surface area contributed by atoms with Gasteiger partial charge in [-0.25, -0.2) is 4.79 Å². The van der Waals surface area contributed by atoms with Crippen molar-refractivity contribution < 1.29 is 14.3 Å². The molecule has 0 saturated carbocycles. The molecule has 0 spiro atoms. The van der Waals surface area contributed by atoms with Gasteiger partial charge in [-0.15, -0.1) is 0 Å². The molecule has 25 heavy (non-hydrogen) atoms. The first-order chi connectivity index (χ1) is 12.1. The average Bonchev–Trinajstić information content (AvgIpc) is 2.66. The molecule has 0 aromatic heterocycles. The number of fused-ring (bicyclic) bond motifs is 1. The number of rotatable bonds is 4. The second-order valence-corrected chi connectivity index (χ2v) is 6.58. The Labute approximate surface area is 148 Å². The van der Waals surface area contributed by atoms with E-state index in [-0.39, 0.29) is 11.9 Å². The maximum atomic E-state index is 12.6. The SMILES string of the molecule is COC(=O)c1ccc2c(c1)CC(CC(=O)N(C)c1ccccc1)CC2. The molecule has 130 valence electrons. The molecular weight excluding hydrogens is 314 g/mol. The summed E-state index contributed by atoms with van der Waals surface area (Å²) in [6.45, 7) is 0. The van der Waals surface area contributed by atoms with E-state index in [2.05, 4.69) is 0 Å². The van der Waals surface area contributed by atoms with Crippen molar-refractivity contribution in [2.75, 3.05) is 19.1 Å². The zero-order valence-electron chi connectivity index (χ0n) is 14.7. The van der Waals surface area contributed by atoms with Crippen LogP contribution < -0.4 is 4.90 Å². The van der Waals surface area contributed by atoms with Crippen molar-refractivity contribution in [2.45, 2.75) is 25.7 Å². The molecular formula is C21H23NO3. The summed E-state index contributed by atoms with van der Waals surface area (Å²) in [7, 11) is 3.21. The number of hydrogen-bond donors (Lipinski definition) is 0. The molecule has 4 heteroatoms. The Balaban J connectivity index is 1.68. The van der Waals surface area contributed by atoms with Gasteiger partial charge < -0.3 is 9.64 Å². The first kappa shape index (κ1) is 17.2. The number of para-hydroxylation sites is 1. The lowest BCUT2D eigenvalue weighted by molar-refractivity contribution is -0.119. The van der Waals surface area contributed by atoms with E-state index >= 15 is 0 Å². The summed E-state index contributed by atoms with van der Waals surface area (Å²) in [4.78, 5) is 26.0. The normalized spacial score (nSPS) is 16.0. The largest absolute Gasteiger partial charge is 0.465 e. The monoisotopic (exact) mass is 337 g/mol. The second-order valence-electron chi connectivity index (χ2n) is 6.58. The average molecular weight is 337 g/mol. The second kappa shape index (κ2) is 7.51. The quantitative estimate of drug-likeness (QED) is 0.801. The number of methoxy groups -OCH3 is 1. The summed E-state index contributed by atoms with van der Waals surface area (Å²) < 4.78 is 4.80. The minimum atomic E-state index is -0.315. The van der Waals surface area contributed by atoms with Gasteiger partial charge in [-0.3, -0.25) is 4.79 Å². The molecule has 1 aliphatic carbocycles. The molecule has 3 rings (SSSR count). The maximum absolute atomic E-state index is 12.6. The van der Waals surface area contributed by atoms with Crippen LogP contribution in [0.25, 0.3) is 0 Å². The Bertz CT molecular complexity index is 770. The number of hydrogen-bond acceptors (Lipinski definition) is 3. The number of benzene rings is 2. The summed E-state index contributed by atoms with van der Waals surface area (Å²) >= 11 is 0. The van der Waals surface area contributed by atoms with Crippen molar-refractivity contribution >= 4 is 17.6 Å². The lowest BCUT2D eigenvalue weighted by Gasteiger charge is -2.26. The van der Waals surface area contributed by atoms with E-state index < -0.39 is 0 Å². The third kappa shape index (κ3) is 3.90. The van der Waals surface area contributed by atoms with E-state index in [1.54, 1.807) is 4.90 Å². The van der Waals surface area contributed by atoms with Crippen LogP contribution in [0, 0.1) is 5.92 Å². The van der Waals surface area contributed by atoms with Gasteiger partial charge in [-0.1, -0.05) is 24.3 Å². The van der Waals surface area contributed by atoms with Gasteiger partial charge in [-0.05, 0) is 60.6 Å². The molecule has 1 atom stereocenters. The molecule has 0 aliphatic heterocycles. The van der Waals surface area contributed by atoms with E-state index in [9.17, 15) is 9.59 Å². The zero-order chi connectivity index (χ0) is 17.8. The molecule has 0 heterocycles. The summed E-state index contributed by atoms with van der Waals surface area (Å²) in [5, 5.41) is 0. The summed E-state index contributed by atoms with van der Waals surface area (Å²) in [5.41, 5.74) is 3.92. The minimum absolute atomic E-state index is 0.128. The van der Waals surface area contributed by atoms with Crippen LogP contribution in [0.2, 0.25) is 0 Å². The van der Waals surface area contributed by atoms with Crippen molar-refractivity contribution in [3.63, 3.8) is 0 Å². The standard InChI is InChI=1S/C21H23NO3/c1-22(19-6-4-3-5-7-19)20(23)13-15-8-9-16-10-11-17(21(24)25-2)14-18(16)12-15/h3-7,10-11,14-15H,8-9,12-13H2,1-2H3. The van der Waals surface area contributed by atoms with Crippen LogP contribution in [0.15, 0.2) is 48.5 Å². The summed E-state index contributed by atoms with van der Waals surface area (Å²) in [5.74, 6) is 0.118. The van der Waals surface area contributed by atoms with Crippen LogP contribution in [-0.4, -0.2) is 26.0 Å². The lowest BCUT2D eigenvalue weighted by Crippen LogP contribution is -2.29. The molecule has 0 fully saturated rings. The molecule has 4 nitrogen and oxygen atoms in total. The highest BCUT2D eigenvalue weighted by Crippen LogP contribution is 2.29. The van der Waals surface area contributed by atoms with E-state index in [0.717, 1.165) is 30.5 Å². The molecule has 1 amide bonds. The predicted molar refractivity (Wildman–Crippen MR) is 97.8 cm³/mol. The Hall–Kier alpha value is -2.62. The van der Waals surface area contributed by atoms with Gasteiger partial charge in [0.05, 0.1) is 12.7 Å². The fraction of sp³-hybridized carbons (Fsp3) is 0.333. The number of ether oxygens (including phenoxy) is 1. The number of amides is 1. The van der Waals surface area contributed by atoms with Crippen molar-refractivity contribution in [3.8, 4) is 0 Å². The van der Waals surface area contributed by atoms with Gasteiger partial charge >= 0.3 is 5.97 Å². The third-order valence-corrected chi connectivity index (χ3v) is 4.94. The van der Waals surface area contributed by atoms with Crippen molar-refractivity contribution in [2.24, 2.45) is 5.92 Å². The molecule has 0 saturated heterocycles. The topological polar surface area (TPSA) is 46.6 Å². The van der Waals surface area contributed by atoms with E-state index in [0.29, 0.717) is 17.9 Å². The third-order valence-electron chi connectivity index (χ3n) is 4.94. The molecule has 1 aliphatic rings. The van der Waals surface area contributed by atoms with Gasteiger partial charge in [0.1, 0.15) is 0 Å². The van der Waals surface area contributed by atoms with Crippen LogP contribution in [0.3, 0.4) is 0 Å². The van der Waals surface area contributed by atoms with Crippen LogP contribution in [0.1, 0.15) is 34.3 Å². The number of carbonyl (C=O) groups is 2. The van der Waals surface area contributed by atoms with Crippen molar-refractivity contribution in [1.82, 2.24) is 0 Å². The molecule has 0 N–H and O–H groups in total. The van der Waals surface area contributed by atoms with Crippen LogP contribution >= 0.6 is 0 Å². The van der Waals surface area contributed by atoms with Gasteiger partial charge in [0, 0.05) is 19.2 Å². The van der Waals surface area contributed by atoms with Gasteiger partial charge in [-0.2, -0.15) is 0 Å². The van der Waals surface area contributed by atoms with Gasteiger partial charge in [0.2, 0.25) is 5.91 Å². The van der Waals surface area contributed by atoms with Gasteiger partial charge in [0.15, 0.2) is 0 Å². The van der Waals surface area contributed by atoms with Crippen LogP contribution in [0.5, 0.6) is 0 Å². The highest BCUT2D eigenvalue weighted by molar-refractivity contribution is 5.93. The first-order valence-electron chi connectivity index (χ1n) is 8.60. The number of aryl methyl sites for hydroxylation is 1. The molecule has 0 bridgehead atoms. The zero-order valence-corrected chi connectivity index (χ0v) is 14.7. The minimum Gasteiger partial charge on any atom is -0.465 e. The lowest BCUT2D eigenvalue weighted by atomic mass is 9.81. The molecule has 2 aromatic carbocycles. The Morgan fingerprint density at radius 2 is 1.88 bits per heavy atom. The summed E-state index contributed by atoms with van der Waals surface area (Å²) in [6, 6.07) is 15.4. The van der Waals surface area contributed by atoms with Gasteiger partial charge in [0.25, 0.3) is 0 Å². The van der Waals surface area contributed by atoms with Crippen molar-refractivity contribution in [3.05, 3.63) is 65.2 Å². The molecule has 1 unspecified atom stereocenters. The highest BCUT2D eigenvalue weighted by Gasteiger charge is 2.24. The van der Waals surface area contributed by atoms with Crippen molar-refractivity contribution in [1.29, 1.82) is 0 Å². The van der Waals surface area contributed by atoms with E-state index in [1.165, 1.54) is 12.7 Å². The Kier molecular flexibility index (Phi) is 5.17. The van der Waals surface area contributed by atoms with Crippen LogP contribution in [0.4, 0.5) is 5.69 Å². The van der Waals surface area contributed by atoms with Crippen LogP contribution in [-0.2, 0) is 22.4 Å². The predicted octanol–water partition coefficient (Wildman–Crippen LogP) is 3.63. The fourth-order valence-electron chi connectivity index (χ4n) is 3.43. The fourth-order valence-corrected chi connectivity index (χ4v) is 3.43. The van der Waals surface area contributed by atoms with E-state index in [1.807, 2.05) is 55.6 Å². The number of esters is 1. The molecule has 2 aromatic rings. The number of anilines is 1.